The molecule has 2 aromatic rings. The number of aromatic hydroxyl groups is 1. The molecule has 0 bridgehead atoms. The number of nitrogens with zero attached hydrogens (tertiary/aromatic N) is 3. The number of aromatic nitrogens is 3. The molecule has 2 rings (SSSR count). The zero-order chi connectivity index (χ0) is 17.7. The van der Waals surface area contributed by atoms with Gasteiger partial charge in [0.15, 0.2) is 0 Å². The summed E-state index contributed by atoms with van der Waals surface area (Å²) in [6.07, 6.45) is 1.42. The van der Waals surface area contributed by atoms with Gasteiger partial charge in [-0.25, -0.2) is 9.78 Å². The second-order valence-electron chi connectivity index (χ2n) is 5.03. The number of hydrogen-bond donors (Lipinski definition) is 3. The molecule has 0 aliphatic heterocycles. The number of aromatic amines is 1. The van der Waals surface area contributed by atoms with Crippen LogP contribution in [-0.4, -0.2) is 44.5 Å². The molecule has 0 saturated heterocycles. The first-order chi connectivity index (χ1) is 11.4. The van der Waals surface area contributed by atoms with Gasteiger partial charge in [-0.1, -0.05) is 0 Å². The summed E-state index contributed by atoms with van der Waals surface area (Å²) in [4.78, 5) is 17.7. The van der Waals surface area contributed by atoms with Crippen molar-refractivity contribution in [2.24, 2.45) is 0 Å². The van der Waals surface area contributed by atoms with Gasteiger partial charge < -0.3 is 15.1 Å². The number of carbonyl (C=O) groups is 1. The molecule has 1 heterocycles. The molecule has 0 amide bonds. The highest BCUT2D eigenvalue weighted by Crippen LogP contribution is 2.30. The van der Waals surface area contributed by atoms with E-state index in [0.29, 0.717) is 16.5 Å². The lowest BCUT2D eigenvalue weighted by Crippen LogP contribution is -2.21. The standard InChI is InChI=1S/C16H20N4O3S/c1-4-20(5-2)12-7-6-11(13(21)9-12)8-14(15(22)23)24-16-17-10(3)18-19-16/h6-9,21H,4-5H2,1-3H3,(H,22,23)(H,17,18,19)/b14-8-. The van der Waals surface area contributed by atoms with E-state index >= 15 is 0 Å². The smallest absolute Gasteiger partial charge is 0.342 e. The highest BCUT2D eigenvalue weighted by Gasteiger charge is 2.14. The lowest BCUT2D eigenvalue weighted by atomic mass is 10.1. The van der Waals surface area contributed by atoms with Crippen molar-refractivity contribution in [1.82, 2.24) is 15.2 Å². The van der Waals surface area contributed by atoms with E-state index in [0.717, 1.165) is 30.5 Å². The Hall–Kier alpha value is -2.48. The Morgan fingerprint density at radius 3 is 2.58 bits per heavy atom. The second-order valence-corrected chi connectivity index (χ2v) is 6.04. The number of carboxylic acids is 1. The van der Waals surface area contributed by atoms with Crippen LogP contribution in [-0.2, 0) is 4.79 Å². The lowest BCUT2D eigenvalue weighted by Gasteiger charge is -2.21. The first-order valence-corrected chi connectivity index (χ1v) is 8.36. The summed E-state index contributed by atoms with van der Waals surface area (Å²) in [7, 11) is 0. The van der Waals surface area contributed by atoms with Gasteiger partial charge >= 0.3 is 5.97 Å². The fourth-order valence-electron chi connectivity index (χ4n) is 2.18. The van der Waals surface area contributed by atoms with Gasteiger partial charge in [0, 0.05) is 30.4 Å². The number of H-pyrrole nitrogens is 1. The summed E-state index contributed by atoms with van der Waals surface area (Å²) in [5, 5.41) is 26.5. The molecule has 7 nitrogen and oxygen atoms in total. The maximum absolute atomic E-state index is 11.4. The van der Waals surface area contributed by atoms with Gasteiger partial charge in [0.1, 0.15) is 16.5 Å². The number of nitrogens with one attached hydrogen (secondary N) is 1. The number of hydrogen-bond acceptors (Lipinski definition) is 6. The third kappa shape index (κ3) is 4.29. The van der Waals surface area contributed by atoms with Crippen molar-refractivity contribution < 1.29 is 15.0 Å². The fourth-order valence-corrected chi connectivity index (χ4v) is 2.93. The number of anilines is 1. The SMILES string of the molecule is CCN(CC)c1ccc(/C=C(\Sc2n[nH]c(C)n2)C(=O)O)c(O)c1. The molecule has 0 aliphatic rings. The molecule has 128 valence electrons. The third-order valence-corrected chi connectivity index (χ3v) is 4.30. The lowest BCUT2D eigenvalue weighted by molar-refractivity contribution is -0.131. The van der Waals surface area contributed by atoms with Gasteiger partial charge in [0.2, 0.25) is 5.16 Å². The molecule has 0 fully saturated rings. The minimum atomic E-state index is -1.10. The number of rotatable bonds is 7. The molecule has 0 atom stereocenters. The van der Waals surface area contributed by atoms with Crippen molar-refractivity contribution in [3.63, 3.8) is 0 Å². The Morgan fingerprint density at radius 2 is 2.08 bits per heavy atom. The quantitative estimate of drug-likeness (QED) is 0.522. The van der Waals surface area contributed by atoms with E-state index in [4.69, 9.17) is 0 Å². The van der Waals surface area contributed by atoms with Crippen LogP contribution in [0.3, 0.4) is 0 Å². The van der Waals surface area contributed by atoms with Crippen LogP contribution in [0.5, 0.6) is 5.75 Å². The average molecular weight is 348 g/mol. The van der Waals surface area contributed by atoms with Crippen molar-refractivity contribution in [1.29, 1.82) is 0 Å². The van der Waals surface area contributed by atoms with Crippen LogP contribution >= 0.6 is 11.8 Å². The normalized spacial score (nSPS) is 11.5. The third-order valence-electron chi connectivity index (χ3n) is 3.42. The number of aliphatic carboxylic acids is 1. The number of aryl methyl sites for hydroxylation is 1. The molecular formula is C16H20N4O3S. The summed E-state index contributed by atoms with van der Waals surface area (Å²) >= 11 is 0.927. The predicted molar refractivity (Wildman–Crippen MR) is 94.3 cm³/mol. The predicted octanol–water partition coefficient (Wildman–Crippen LogP) is 2.88. The van der Waals surface area contributed by atoms with Crippen LogP contribution in [0.2, 0.25) is 0 Å². The van der Waals surface area contributed by atoms with Crippen molar-refractivity contribution in [3.05, 3.63) is 34.5 Å². The van der Waals surface area contributed by atoms with E-state index in [1.54, 1.807) is 19.1 Å². The van der Waals surface area contributed by atoms with Gasteiger partial charge in [-0.2, -0.15) is 0 Å². The monoisotopic (exact) mass is 348 g/mol. The van der Waals surface area contributed by atoms with Gasteiger partial charge in [0.05, 0.1) is 0 Å². The molecule has 24 heavy (non-hydrogen) atoms. The number of phenolic OH excluding ortho intramolecular Hbond substituents is 1. The molecule has 1 aromatic carbocycles. The van der Waals surface area contributed by atoms with Gasteiger partial charge in [-0.15, -0.1) is 5.10 Å². The van der Waals surface area contributed by atoms with Crippen molar-refractivity contribution in [3.8, 4) is 5.75 Å². The highest BCUT2D eigenvalue weighted by atomic mass is 32.2. The Balaban J connectivity index is 2.30. The van der Waals surface area contributed by atoms with E-state index in [9.17, 15) is 15.0 Å². The minimum absolute atomic E-state index is 0.0277. The molecule has 0 aliphatic carbocycles. The first kappa shape index (κ1) is 17.9. The maximum atomic E-state index is 11.4. The Kier molecular flexibility index (Phi) is 5.86. The number of phenols is 1. The van der Waals surface area contributed by atoms with Gasteiger partial charge in [-0.05, 0) is 50.7 Å². The van der Waals surface area contributed by atoms with Gasteiger partial charge in [0.25, 0.3) is 0 Å². The molecule has 0 unspecified atom stereocenters. The first-order valence-electron chi connectivity index (χ1n) is 7.54. The Morgan fingerprint density at radius 1 is 1.38 bits per heavy atom. The van der Waals surface area contributed by atoms with E-state index in [2.05, 4.69) is 20.1 Å². The number of benzene rings is 1. The summed E-state index contributed by atoms with van der Waals surface area (Å²) < 4.78 is 0. The van der Waals surface area contributed by atoms with Crippen molar-refractivity contribution >= 4 is 29.5 Å². The molecular weight excluding hydrogens is 328 g/mol. The largest absolute Gasteiger partial charge is 0.507 e. The van der Waals surface area contributed by atoms with Crippen LogP contribution < -0.4 is 4.90 Å². The summed E-state index contributed by atoms with van der Waals surface area (Å²) in [5.74, 6) is -0.465. The molecule has 0 saturated carbocycles. The molecule has 0 spiro atoms. The van der Waals surface area contributed by atoms with Crippen LogP contribution in [0.15, 0.2) is 28.3 Å². The summed E-state index contributed by atoms with van der Waals surface area (Å²) in [6.45, 7) is 7.45. The van der Waals surface area contributed by atoms with Gasteiger partial charge in [-0.3, -0.25) is 5.10 Å². The fraction of sp³-hybridized carbons (Fsp3) is 0.312. The van der Waals surface area contributed by atoms with E-state index < -0.39 is 5.97 Å². The van der Waals surface area contributed by atoms with Crippen LogP contribution in [0, 0.1) is 6.92 Å². The zero-order valence-corrected chi connectivity index (χ0v) is 14.6. The maximum Gasteiger partial charge on any atom is 0.342 e. The van der Waals surface area contributed by atoms with Crippen LogP contribution in [0.1, 0.15) is 25.2 Å². The number of thioether (sulfide) groups is 1. The Labute approximate surface area is 144 Å². The Bertz CT molecular complexity index is 754. The summed E-state index contributed by atoms with van der Waals surface area (Å²) in [6, 6.07) is 5.20. The average Bonchev–Trinajstić information content (AvgIpc) is 2.95. The molecule has 3 N–H and O–H groups in total. The minimum Gasteiger partial charge on any atom is -0.507 e. The van der Waals surface area contributed by atoms with Crippen LogP contribution in [0.25, 0.3) is 6.08 Å². The zero-order valence-electron chi connectivity index (χ0n) is 13.8. The van der Waals surface area contributed by atoms with Crippen molar-refractivity contribution in [2.45, 2.75) is 25.9 Å². The molecule has 8 heteroatoms. The highest BCUT2D eigenvalue weighted by molar-refractivity contribution is 8.04. The topological polar surface area (TPSA) is 102 Å². The second kappa shape index (κ2) is 7.87. The van der Waals surface area contributed by atoms with E-state index in [1.807, 2.05) is 19.9 Å². The van der Waals surface area contributed by atoms with E-state index in [-0.39, 0.29) is 10.7 Å². The summed E-state index contributed by atoms with van der Waals surface area (Å²) in [5.41, 5.74) is 1.33. The number of carboxylic acid groups (broad SMARTS) is 1. The molecule has 0 radical (unpaired) electrons. The van der Waals surface area contributed by atoms with E-state index in [1.165, 1.54) is 6.08 Å². The van der Waals surface area contributed by atoms with Crippen molar-refractivity contribution in [2.75, 3.05) is 18.0 Å². The van der Waals surface area contributed by atoms with Crippen LogP contribution in [0.4, 0.5) is 5.69 Å². The molecule has 1 aromatic heterocycles.